The molecule has 2 aromatic rings. The van der Waals surface area contributed by atoms with E-state index in [4.69, 9.17) is 4.74 Å². The Morgan fingerprint density at radius 3 is 2.62 bits per heavy atom. The molecule has 3 rings (SSSR count). The molecular weight excluding hydrogens is 366 g/mol. The Labute approximate surface area is 172 Å². The molecule has 0 aromatic heterocycles. The van der Waals surface area contributed by atoms with Crippen molar-refractivity contribution in [3.63, 3.8) is 0 Å². The molecule has 2 amide bonds. The van der Waals surface area contributed by atoms with E-state index in [-0.39, 0.29) is 23.8 Å². The molecule has 2 atom stereocenters. The fourth-order valence-electron chi connectivity index (χ4n) is 3.66. The molecule has 0 spiro atoms. The van der Waals surface area contributed by atoms with E-state index in [1.165, 1.54) is 0 Å². The molecule has 1 fully saturated rings. The van der Waals surface area contributed by atoms with E-state index < -0.39 is 0 Å². The molecule has 0 bridgehead atoms. The first-order chi connectivity index (χ1) is 14.0. The van der Waals surface area contributed by atoms with Crippen molar-refractivity contribution in [3.05, 3.63) is 54.1 Å². The zero-order chi connectivity index (χ0) is 20.8. The summed E-state index contributed by atoms with van der Waals surface area (Å²) in [7, 11) is 1.59. The first-order valence-corrected chi connectivity index (χ1v) is 10.0. The maximum Gasteiger partial charge on any atom is 0.241 e. The SMILES string of the molecule is COc1ccc(C)cc1NC(=O)[C@H](C)N1CCC[C@@H](C(=O)Nc2ccccc2)C1. The van der Waals surface area contributed by atoms with Crippen LogP contribution < -0.4 is 15.4 Å². The van der Waals surface area contributed by atoms with Crippen LogP contribution in [-0.2, 0) is 9.59 Å². The molecule has 6 nitrogen and oxygen atoms in total. The molecule has 2 N–H and O–H groups in total. The first-order valence-electron chi connectivity index (χ1n) is 10.0. The molecule has 0 unspecified atom stereocenters. The highest BCUT2D eigenvalue weighted by molar-refractivity contribution is 5.96. The van der Waals surface area contributed by atoms with Gasteiger partial charge in [-0.25, -0.2) is 0 Å². The number of piperidine rings is 1. The van der Waals surface area contributed by atoms with E-state index in [2.05, 4.69) is 15.5 Å². The van der Waals surface area contributed by atoms with Crippen LogP contribution in [0.2, 0.25) is 0 Å². The number of carbonyl (C=O) groups is 2. The lowest BCUT2D eigenvalue weighted by Gasteiger charge is -2.35. The molecule has 29 heavy (non-hydrogen) atoms. The standard InChI is InChI=1S/C23H29N3O3/c1-16-11-12-21(29-3)20(14-16)25-22(27)17(2)26-13-7-8-18(15-26)23(28)24-19-9-5-4-6-10-19/h4-6,9-12,14,17-18H,7-8,13,15H2,1-3H3,(H,24,28)(H,25,27)/t17-,18+/m0/s1. The van der Waals surface area contributed by atoms with Crippen molar-refractivity contribution in [1.82, 2.24) is 4.90 Å². The van der Waals surface area contributed by atoms with Gasteiger partial charge in [-0.2, -0.15) is 0 Å². The number of aryl methyl sites for hydroxylation is 1. The zero-order valence-corrected chi connectivity index (χ0v) is 17.3. The number of anilines is 2. The Morgan fingerprint density at radius 2 is 1.90 bits per heavy atom. The second-order valence-electron chi connectivity index (χ2n) is 7.56. The summed E-state index contributed by atoms with van der Waals surface area (Å²) >= 11 is 0. The summed E-state index contributed by atoms with van der Waals surface area (Å²) in [5.41, 5.74) is 2.51. The molecule has 1 saturated heterocycles. The largest absolute Gasteiger partial charge is 0.495 e. The van der Waals surface area contributed by atoms with Crippen molar-refractivity contribution < 1.29 is 14.3 Å². The lowest BCUT2D eigenvalue weighted by molar-refractivity contribution is -0.125. The van der Waals surface area contributed by atoms with Crippen LogP contribution in [0.1, 0.15) is 25.3 Å². The normalized spacial score (nSPS) is 18.0. The third kappa shape index (κ3) is 5.35. The minimum atomic E-state index is -0.340. The van der Waals surface area contributed by atoms with Gasteiger partial charge in [0, 0.05) is 12.2 Å². The molecule has 0 aliphatic carbocycles. The van der Waals surface area contributed by atoms with E-state index >= 15 is 0 Å². The van der Waals surface area contributed by atoms with Crippen LogP contribution in [0.3, 0.4) is 0 Å². The monoisotopic (exact) mass is 395 g/mol. The van der Waals surface area contributed by atoms with Crippen LogP contribution in [0.25, 0.3) is 0 Å². The number of amides is 2. The summed E-state index contributed by atoms with van der Waals surface area (Å²) in [5, 5.41) is 5.96. The number of likely N-dealkylation sites (tertiary alicyclic amines) is 1. The minimum Gasteiger partial charge on any atom is -0.495 e. The Morgan fingerprint density at radius 1 is 1.14 bits per heavy atom. The molecule has 0 radical (unpaired) electrons. The first kappa shape index (κ1) is 20.9. The van der Waals surface area contributed by atoms with Crippen LogP contribution in [0, 0.1) is 12.8 Å². The van der Waals surface area contributed by atoms with Crippen molar-refractivity contribution in [2.75, 3.05) is 30.8 Å². The molecule has 154 valence electrons. The van der Waals surface area contributed by atoms with Crippen LogP contribution in [0.15, 0.2) is 48.5 Å². The third-order valence-electron chi connectivity index (χ3n) is 5.40. The van der Waals surface area contributed by atoms with Gasteiger partial charge >= 0.3 is 0 Å². The number of rotatable bonds is 6. The molecule has 2 aromatic carbocycles. The van der Waals surface area contributed by atoms with Gasteiger partial charge in [0.05, 0.1) is 24.8 Å². The van der Waals surface area contributed by atoms with Gasteiger partial charge in [-0.05, 0) is 63.1 Å². The Kier molecular flexibility index (Phi) is 6.88. The number of methoxy groups -OCH3 is 1. The molecule has 1 heterocycles. The van der Waals surface area contributed by atoms with E-state index in [0.717, 1.165) is 30.6 Å². The van der Waals surface area contributed by atoms with E-state index in [1.807, 2.05) is 62.4 Å². The molecule has 1 aliphatic rings. The summed E-state index contributed by atoms with van der Waals surface area (Å²) in [4.78, 5) is 27.6. The lowest BCUT2D eigenvalue weighted by Crippen LogP contribution is -2.49. The van der Waals surface area contributed by atoms with Gasteiger partial charge in [-0.3, -0.25) is 14.5 Å². The van der Waals surface area contributed by atoms with Gasteiger partial charge in [-0.15, -0.1) is 0 Å². The highest BCUT2D eigenvalue weighted by Crippen LogP contribution is 2.26. The van der Waals surface area contributed by atoms with Gasteiger partial charge < -0.3 is 15.4 Å². The summed E-state index contributed by atoms with van der Waals surface area (Å²) in [6.45, 7) is 5.22. The highest BCUT2D eigenvalue weighted by atomic mass is 16.5. The van der Waals surface area contributed by atoms with Crippen LogP contribution >= 0.6 is 0 Å². The van der Waals surface area contributed by atoms with Gasteiger partial charge in [0.1, 0.15) is 5.75 Å². The summed E-state index contributed by atoms with van der Waals surface area (Å²) in [5.74, 6) is 0.412. The predicted molar refractivity (Wildman–Crippen MR) is 115 cm³/mol. The van der Waals surface area contributed by atoms with E-state index in [9.17, 15) is 9.59 Å². The third-order valence-corrected chi connectivity index (χ3v) is 5.40. The second kappa shape index (κ2) is 9.56. The Balaban J connectivity index is 1.61. The number of nitrogens with one attached hydrogen (secondary N) is 2. The maximum atomic E-state index is 12.8. The summed E-state index contributed by atoms with van der Waals surface area (Å²) < 4.78 is 5.35. The smallest absolute Gasteiger partial charge is 0.241 e. The average Bonchev–Trinajstić information content (AvgIpc) is 2.74. The van der Waals surface area contributed by atoms with Crippen molar-refractivity contribution in [1.29, 1.82) is 0 Å². The lowest BCUT2D eigenvalue weighted by atomic mass is 9.95. The molecule has 6 heteroatoms. The van der Waals surface area contributed by atoms with Crippen molar-refractivity contribution in [3.8, 4) is 5.75 Å². The van der Waals surface area contributed by atoms with Gasteiger partial charge in [0.15, 0.2) is 0 Å². The molecule has 0 saturated carbocycles. The number of ether oxygens (including phenoxy) is 1. The minimum absolute atomic E-state index is 0.00821. The van der Waals surface area contributed by atoms with Crippen LogP contribution in [-0.4, -0.2) is 43.0 Å². The van der Waals surface area contributed by atoms with E-state index in [0.29, 0.717) is 18.0 Å². The van der Waals surface area contributed by atoms with E-state index in [1.54, 1.807) is 7.11 Å². The highest BCUT2D eigenvalue weighted by Gasteiger charge is 2.31. The van der Waals surface area contributed by atoms with Gasteiger partial charge in [0.2, 0.25) is 11.8 Å². The number of nitrogens with zero attached hydrogens (tertiary/aromatic N) is 1. The predicted octanol–water partition coefficient (Wildman–Crippen LogP) is 3.68. The fraction of sp³-hybridized carbons (Fsp3) is 0.391. The Bertz CT molecular complexity index is 854. The van der Waals surface area contributed by atoms with Crippen LogP contribution in [0.5, 0.6) is 5.75 Å². The van der Waals surface area contributed by atoms with Gasteiger partial charge in [-0.1, -0.05) is 24.3 Å². The van der Waals surface area contributed by atoms with Crippen LogP contribution in [0.4, 0.5) is 11.4 Å². The van der Waals surface area contributed by atoms with Crippen molar-refractivity contribution in [2.45, 2.75) is 32.7 Å². The summed E-state index contributed by atoms with van der Waals surface area (Å²) in [6, 6.07) is 14.8. The average molecular weight is 396 g/mol. The Hall–Kier alpha value is -2.86. The van der Waals surface area contributed by atoms with Crippen molar-refractivity contribution >= 4 is 23.2 Å². The number of para-hydroxylation sites is 1. The number of carbonyl (C=O) groups excluding carboxylic acids is 2. The molecule has 1 aliphatic heterocycles. The summed E-state index contributed by atoms with van der Waals surface area (Å²) in [6.07, 6.45) is 1.72. The zero-order valence-electron chi connectivity index (χ0n) is 17.3. The van der Waals surface area contributed by atoms with Gasteiger partial charge in [0.25, 0.3) is 0 Å². The quantitative estimate of drug-likeness (QED) is 0.783. The maximum absolute atomic E-state index is 12.8. The number of hydrogen-bond acceptors (Lipinski definition) is 4. The second-order valence-corrected chi connectivity index (χ2v) is 7.56. The topological polar surface area (TPSA) is 70.7 Å². The molecular formula is C23H29N3O3. The number of benzene rings is 2. The fourth-order valence-corrected chi connectivity index (χ4v) is 3.66. The van der Waals surface area contributed by atoms with Crippen molar-refractivity contribution in [2.24, 2.45) is 5.92 Å². The number of hydrogen-bond donors (Lipinski definition) is 2.